The maximum Gasteiger partial charge on any atom is 0.250 e. The molecule has 1 heterocycles. The molecule has 1 amide bonds. The van der Waals surface area contributed by atoms with Gasteiger partial charge in [-0.3, -0.25) is 9.78 Å². The summed E-state index contributed by atoms with van der Waals surface area (Å²) in [5.41, 5.74) is 2.70. The molecule has 5 heteroatoms. The van der Waals surface area contributed by atoms with Crippen molar-refractivity contribution in [2.75, 3.05) is 24.4 Å². The van der Waals surface area contributed by atoms with Crippen LogP contribution in [0, 0.1) is 0 Å². The molecule has 0 aliphatic carbocycles. The van der Waals surface area contributed by atoms with Crippen molar-refractivity contribution in [2.24, 2.45) is 0 Å². The van der Waals surface area contributed by atoms with Crippen molar-refractivity contribution >= 4 is 17.3 Å². The molecule has 1 aromatic heterocycles. The molecular formula is C16H19N3O2. The van der Waals surface area contributed by atoms with Crippen LogP contribution in [-0.4, -0.2) is 24.6 Å². The van der Waals surface area contributed by atoms with Gasteiger partial charge in [-0.05, 0) is 43.3 Å². The molecule has 1 aromatic carbocycles. The summed E-state index contributed by atoms with van der Waals surface area (Å²) in [7, 11) is 1.49. The van der Waals surface area contributed by atoms with Crippen LogP contribution in [0.4, 0.5) is 11.4 Å². The second-order valence-electron chi connectivity index (χ2n) is 4.68. The summed E-state index contributed by atoms with van der Waals surface area (Å²) in [6, 6.07) is 13.5. The van der Waals surface area contributed by atoms with Crippen molar-refractivity contribution in [3.05, 3.63) is 54.4 Å². The van der Waals surface area contributed by atoms with Gasteiger partial charge in [0.05, 0.1) is 11.7 Å². The molecule has 21 heavy (non-hydrogen) atoms. The fraction of sp³-hybridized carbons (Fsp3) is 0.250. The Morgan fingerprint density at radius 2 is 1.90 bits per heavy atom. The SMILES string of the molecule is COCC(=O)Nc1ccc(NC(C)c2ccccn2)cc1. The van der Waals surface area contributed by atoms with Gasteiger partial charge >= 0.3 is 0 Å². The van der Waals surface area contributed by atoms with Crippen LogP contribution in [0.2, 0.25) is 0 Å². The van der Waals surface area contributed by atoms with E-state index in [9.17, 15) is 4.79 Å². The summed E-state index contributed by atoms with van der Waals surface area (Å²) >= 11 is 0. The molecule has 2 rings (SSSR count). The summed E-state index contributed by atoms with van der Waals surface area (Å²) < 4.78 is 4.77. The van der Waals surface area contributed by atoms with Crippen molar-refractivity contribution in [3.8, 4) is 0 Å². The number of aromatic nitrogens is 1. The van der Waals surface area contributed by atoms with E-state index < -0.39 is 0 Å². The number of carbonyl (C=O) groups excluding carboxylic acids is 1. The molecule has 5 nitrogen and oxygen atoms in total. The van der Waals surface area contributed by atoms with Crippen LogP contribution in [0.1, 0.15) is 18.7 Å². The van der Waals surface area contributed by atoms with E-state index in [1.165, 1.54) is 7.11 Å². The monoisotopic (exact) mass is 285 g/mol. The quantitative estimate of drug-likeness (QED) is 0.856. The van der Waals surface area contributed by atoms with E-state index >= 15 is 0 Å². The summed E-state index contributed by atoms with van der Waals surface area (Å²) in [4.78, 5) is 15.7. The molecule has 0 saturated carbocycles. The van der Waals surface area contributed by atoms with Crippen LogP contribution in [-0.2, 0) is 9.53 Å². The van der Waals surface area contributed by atoms with Crippen molar-refractivity contribution in [1.82, 2.24) is 4.98 Å². The van der Waals surface area contributed by atoms with Gasteiger partial charge in [-0.25, -0.2) is 0 Å². The Morgan fingerprint density at radius 1 is 1.19 bits per heavy atom. The number of benzene rings is 1. The molecule has 1 atom stereocenters. The van der Waals surface area contributed by atoms with E-state index in [4.69, 9.17) is 4.74 Å². The molecule has 0 aliphatic rings. The van der Waals surface area contributed by atoms with Gasteiger partial charge in [0.15, 0.2) is 0 Å². The number of methoxy groups -OCH3 is 1. The summed E-state index contributed by atoms with van der Waals surface area (Å²) in [6.07, 6.45) is 1.78. The van der Waals surface area contributed by atoms with E-state index in [0.717, 1.165) is 17.1 Å². The number of carbonyl (C=O) groups is 1. The Labute approximate surface area is 124 Å². The van der Waals surface area contributed by atoms with E-state index in [1.807, 2.05) is 42.5 Å². The molecule has 2 aromatic rings. The van der Waals surface area contributed by atoms with Gasteiger partial charge in [-0.2, -0.15) is 0 Å². The molecule has 1 unspecified atom stereocenters. The second kappa shape index (κ2) is 7.40. The molecule has 0 spiro atoms. The standard InChI is InChI=1S/C16H19N3O2/c1-12(15-5-3-4-10-17-15)18-13-6-8-14(9-7-13)19-16(20)11-21-2/h3-10,12,18H,11H2,1-2H3,(H,19,20). The normalized spacial score (nSPS) is 11.7. The minimum atomic E-state index is -0.167. The number of nitrogens with one attached hydrogen (secondary N) is 2. The second-order valence-corrected chi connectivity index (χ2v) is 4.68. The predicted octanol–water partition coefficient (Wildman–Crippen LogP) is 2.84. The highest BCUT2D eigenvalue weighted by molar-refractivity contribution is 5.91. The average molecular weight is 285 g/mol. The first-order chi connectivity index (χ1) is 10.2. The first kappa shape index (κ1) is 15.0. The number of amides is 1. The Balaban J connectivity index is 1.95. The van der Waals surface area contributed by atoms with Gasteiger partial charge in [0.2, 0.25) is 5.91 Å². The minimum Gasteiger partial charge on any atom is -0.377 e. The minimum absolute atomic E-state index is 0.0523. The molecule has 0 saturated heterocycles. The number of nitrogens with zero attached hydrogens (tertiary/aromatic N) is 1. The third-order valence-electron chi connectivity index (χ3n) is 2.96. The zero-order valence-electron chi connectivity index (χ0n) is 12.2. The van der Waals surface area contributed by atoms with E-state index in [-0.39, 0.29) is 18.6 Å². The fourth-order valence-corrected chi connectivity index (χ4v) is 1.93. The maximum absolute atomic E-state index is 11.4. The number of hydrogen-bond acceptors (Lipinski definition) is 4. The van der Waals surface area contributed by atoms with Crippen LogP contribution < -0.4 is 10.6 Å². The van der Waals surface area contributed by atoms with Crippen LogP contribution in [0.5, 0.6) is 0 Å². The summed E-state index contributed by atoms with van der Waals surface area (Å²) in [6.45, 7) is 2.10. The average Bonchev–Trinajstić information content (AvgIpc) is 2.50. The molecular weight excluding hydrogens is 266 g/mol. The lowest BCUT2D eigenvalue weighted by atomic mass is 10.2. The van der Waals surface area contributed by atoms with Gasteiger partial charge < -0.3 is 15.4 Å². The van der Waals surface area contributed by atoms with E-state index in [2.05, 4.69) is 22.5 Å². The van der Waals surface area contributed by atoms with Gasteiger partial charge in [-0.15, -0.1) is 0 Å². The first-order valence-electron chi connectivity index (χ1n) is 6.75. The van der Waals surface area contributed by atoms with Crippen LogP contribution in [0.3, 0.4) is 0 Å². The number of pyridine rings is 1. The van der Waals surface area contributed by atoms with Gasteiger partial charge in [0.25, 0.3) is 0 Å². The third kappa shape index (κ3) is 4.57. The van der Waals surface area contributed by atoms with Crippen LogP contribution in [0.25, 0.3) is 0 Å². The lowest BCUT2D eigenvalue weighted by molar-refractivity contribution is -0.119. The molecule has 0 aliphatic heterocycles. The van der Waals surface area contributed by atoms with Gasteiger partial charge in [0, 0.05) is 24.7 Å². The zero-order valence-corrected chi connectivity index (χ0v) is 12.2. The highest BCUT2D eigenvalue weighted by Gasteiger charge is 2.06. The van der Waals surface area contributed by atoms with Crippen molar-refractivity contribution < 1.29 is 9.53 Å². The van der Waals surface area contributed by atoms with E-state index in [1.54, 1.807) is 6.20 Å². The van der Waals surface area contributed by atoms with Crippen molar-refractivity contribution in [1.29, 1.82) is 0 Å². The zero-order chi connectivity index (χ0) is 15.1. The van der Waals surface area contributed by atoms with Crippen LogP contribution >= 0.6 is 0 Å². The van der Waals surface area contributed by atoms with Gasteiger partial charge in [0.1, 0.15) is 6.61 Å². The molecule has 2 N–H and O–H groups in total. The Hall–Kier alpha value is -2.40. The number of rotatable bonds is 6. The third-order valence-corrected chi connectivity index (χ3v) is 2.96. The van der Waals surface area contributed by atoms with Crippen molar-refractivity contribution in [2.45, 2.75) is 13.0 Å². The maximum atomic E-state index is 11.4. The Morgan fingerprint density at radius 3 is 2.52 bits per heavy atom. The van der Waals surface area contributed by atoms with Crippen LogP contribution in [0.15, 0.2) is 48.7 Å². The molecule has 0 fully saturated rings. The summed E-state index contributed by atoms with van der Waals surface area (Å²) in [5, 5.41) is 6.11. The summed E-state index contributed by atoms with van der Waals surface area (Å²) in [5.74, 6) is -0.167. The number of hydrogen-bond donors (Lipinski definition) is 2. The number of ether oxygens (including phenoxy) is 1. The van der Waals surface area contributed by atoms with E-state index in [0.29, 0.717) is 0 Å². The molecule has 0 bridgehead atoms. The number of anilines is 2. The lowest BCUT2D eigenvalue weighted by Gasteiger charge is -2.15. The topological polar surface area (TPSA) is 63.2 Å². The fourth-order valence-electron chi connectivity index (χ4n) is 1.93. The largest absolute Gasteiger partial charge is 0.377 e. The highest BCUT2D eigenvalue weighted by atomic mass is 16.5. The first-order valence-corrected chi connectivity index (χ1v) is 6.75. The predicted molar refractivity (Wildman–Crippen MR) is 83.2 cm³/mol. The Kier molecular flexibility index (Phi) is 5.29. The Bertz CT molecular complexity index is 570. The van der Waals surface area contributed by atoms with Gasteiger partial charge in [-0.1, -0.05) is 6.07 Å². The lowest BCUT2D eigenvalue weighted by Crippen LogP contribution is -2.17. The highest BCUT2D eigenvalue weighted by Crippen LogP contribution is 2.19. The molecule has 110 valence electrons. The van der Waals surface area contributed by atoms with Crippen molar-refractivity contribution in [3.63, 3.8) is 0 Å². The molecule has 0 radical (unpaired) electrons. The smallest absolute Gasteiger partial charge is 0.250 e.